The summed E-state index contributed by atoms with van der Waals surface area (Å²) in [5, 5.41) is 1.41. The average Bonchev–Trinajstić information content (AvgIpc) is 3.21. The molecule has 1 aromatic rings. The third-order valence-electron chi connectivity index (χ3n) is 6.20. The number of carbonyl (C=O) groups is 3. The van der Waals surface area contributed by atoms with Crippen LogP contribution in [0.2, 0.25) is 0 Å². The quantitative estimate of drug-likeness (QED) is 0.863. The Balaban J connectivity index is 1.43. The van der Waals surface area contributed by atoms with E-state index >= 15 is 0 Å². The zero-order chi connectivity index (χ0) is 18.1. The molecule has 1 unspecified atom stereocenters. The van der Waals surface area contributed by atoms with Gasteiger partial charge in [0, 0.05) is 18.8 Å². The number of benzene rings is 1. The fraction of sp³-hybridized carbons (Fsp3) is 0.500. The number of nitrogens with zero attached hydrogens (tertiary/aromatic N) is 3. The van der Waals surface area contributed by atoms with Gasteiger partial charge in [-0.1, -0.05) is 12.1 Å². The number of amides is 4. The van der Waals surface area contributed by atoms with Gasteiger partial charge in [0.25, 0.3) is 5.91 Å². The van der Waals surface area contributed by atoms with Crippen LogP contribution in [0.1, 0.15) is 31.2 Å². The molecule has 8 nitrogen and oxygen atoms in total. The molecule has 0 spiro atoms. The van der Waals surface area contributed by atoms with Crippen molar-refractivity contribution in [3.05, 3.63) is 29.8 Å². The van der Waals surface area contributed by atoms with Crippen LogP contribution in [0.25, 0.3) is 0 Å². The maximum atomic E-state index is 12.8. The lowest BCUT2D eigenvalue weighted by Gasteiger charge is -2.51. The number of anilines is 1. The predicted molar refractivity (Wildman–Crippen MR) is 90.8 cm³/mol. The number of rotatable bonds is 3. The molecular formula is C18H20N4O4. The molecule has 5 fully saturated rings. The number of carbonyl (C=O) groups excluding carboxylic acids is 3. The fourth-order valence-electron chi connectivity index (χ4n) is 4.77. The van der Waals surface area contributed by atoms with E-state index in [9.17, 15) is 14.4 Å². The van der Waals surface area contributed by atoms with E-state index in [2.05, 4.69) is 0 Å². The van der Waals surface area contributed by atoms with Gasteiger partial charge in [-0.2, -0.15) is 0 Å². The SMILES string of the molecule is NC(=O)[C@]12CCCN1C(=O)N(c1ccc(C34CCCN(O3)C4=O)cc1)C2. The summed E-state index contributed by atoms with van der Waals surface area (Å²) in [5.41, 5.74) is 5.36. The zero-order valence-electron chi connectivity index (χ0n) is 14.3. The highest BCUT2D eigenvalue weighted by molar-refractivity contribution is 6.03. The van der Waals surface area contributed by atoms with Crippen LogP contribution in [0.15, 0.2) is 24.3 Å². The van der Waals surface area contributed by atoms with Gasteiger partial charge in [-0.3, -0.25) is 14.5 Å². The van der Waals surface area contributed by atoms with Gasteiger partial charge in [-0.25, -0.2) is 14.7 Å². The first-order chi connectivity index (χ1) is 12.5. The van der Waals surface area contributed by atoms with Crippen molar-refractivity contribution in [3.63, 3.8) is 0 Å². The second-order valence-electron chi connectivity index (χ2n) is 7.50. The molecule has 2 N–H and O–H groups in total. The molecular weight excluding hydrogens is 336 g/mol. The van der Waals surface area contributed by atoms with Crippen LogP contribution in [0.3, 0.4) is 0 Å². The van der Waals surface area contributed by atoms with E-state index in [1.54, 1.807) is 9.80 Å². The molecule has 5 heterocycles. The summed E-state index contributed by atoms with van der Waals surface area (Å²) in [7, 11) is 0. The number of hydroxylamine groups is 2. The van der Waals surface area contributed by atoms with Crippen molar-refractivity contribution < 1.29 is 19.2 Å². The van der Waals surface area contributed by atoms with Crippen LogP contribution in [-0.4, -0.2) is 53.0 Å². The molecule has 5 aliphatic heterocycles. The third kappa shape index (κ3) is 1.74. The Morgan fingerprint density at radius 2 is 1.81 bits per heavy atom. The number of primary amides is 1. The third-order valence-corrected chi connectivity index (χ3v) is 6.20. The van der Waals surface area contributed by atoms with Gasteiger partial charge in [0.05, 0.1) is 6.54 Å². The van der Waals surface area contributed by atoms with E-state index in [1.165, 1.54) is 5.06 Å². The minimum absolute atomic E-state index is 0.00192. The smallest absolute Gasteiger partial charge is 0.325 e. The van der Waals surface area contributed by atoms with Crippen molar-refractivity contribution in [2.75, 3.05) is 24.5 Å². The van der Waals surface area contributed by atoms with Gasteiger partial charge in [0.1, 0.15) is 5.54 Å². The summed E-state index contributed by atoms with van der Waals surface area (Å²) in [6, 6.07) is 7.11. The first-order valence-electron chi connectivity index (χ1n) is 8.99. The lowest BCUT2D eigenvalue weighted by atomic mass is 9.83. The molecule has 5 saturated heterocycles. The van der Waals surface area contributed by atoms with E-state index in [0.29, 0.717) is 31.6 Å². The number of fused-ring (bicyclic) bond motifs is 3. The highest BCUT2D eigenvalue weighted by Gasteiger charge is 2.59. The Kier molecular flexibility index (Phi) is 2.99. The molecule has 0 radical (unpaired) electrons. The molecule has 136 valence electrons. The van der Waals surface area contributed by atoms with Gasteiger partial charge in [0.2, 0.25) is 11.5 Å². The van der Waals surface area contributed by atoms with Crippen molar-refractivity contribution in [3.8, 4) is 0 Å². The van der Waals surface area contributed by atoms with Crippen LogP contribution in [-0.2, 0) is 20.0 Å². The van der Waals surface area contributed by atoms with Crippen molar-refractivity contribution in [1.29, 1.82) is 0 Å². The minimum atomic E-state index is -0.897. The van der Waals surface area contributed by atoms with E-state index in [0.717, 1.165) is 18.4 Å². The van der Waals surface area contributed by atoms with Crippen LogP contribution in [0.4, 0.5) is 10.5 Å². The fourth-order valence-corrected chi connectivity index (χ4v) is 4.77. The van der Waals surface area contributed by atoms with E-state index in [1.807, 2.05) is 24.3 Å². The second-order valence-corrected chi connectivity index (χ2v) is 7.50. The van der Waals surface area contributed by atoms with Gasteiger partial charge in [-0.15, -0.1) is 0 Å². The number of hydrogen-bond acceptors (Lipinski definition) is 4. The summed E-state index contributed by atoms with van der Waals surface area (Å²) >= 11 is 0. The number of hydrogen-bond donors (Lipinski definition) is 1. The summed E-state index contributed by atoms with van der Waals surface area (Å²) in [6.45, 7) is 1.47. The van der Waals surface area contributed by atoms with Crippen LogP contribution >= 0.6 is 0 Å². The number of nitrogens with two attached hydrogens (primary N) is 1. The summed E-state index contributed by atoms with van der Waals surface area (Å²) < 4.78 is 0. The highest BCUT2D eigenvalue weighted by Crippen LogP contribution is 2.46. The lowest BCUT2D eigenvalue weighted by Crippen LogP contribution is -2.65. The monoisotopic (exact) mass is 356 g/mol. The predicted octanol–water partition coefficient (Wildman–Crippen LogP) is 0.709. The van der Waals surface area contributed by atoms with Crippen LogP contribution in [0.5, 0.6) is 0 Å². The minimum Gasteiger partial charge on any atom is -0.368 e. The molecule has 0 aliphatic carbocycles. The van der Waals surface area contributed by atoms with Gasteiger partial charge in [-0.05, 0) is 43.4 Å². The molecule has 2 atom stereocenters. The van der Waals surface area contributed by atoms with Gasteiger partial charge >= 0.3 is 6.03 Å². The molecule has 5 aliphatic rings. The molecule has 8 heteroatoms. The Labute approximate surface area is 150 Å². The van der Waals surface area contributed by atoms with Crippen molar-refractivity contribution in [2.45, 2.75) is 36.8 Å². The van der Waals surface area contributed by atoms with E-state index in [-0.39, 0.29) is 18.5 Å². The molecule has 26 heavy (non-hydrogen) atoms. The number of piperidine rings is 1. The Morgan fingerprint density at radius 3 is 2.42 bits per heavy atom. The summed E-state index contributed by atoms with van der Waals surface area (Å²) in [5.74, 6) is -0.445. The Morgan fingerprint density at radius 1 is 1.08 bits per heavy atom. The normalized spacial score (nSPS) is 32.7. The maximum Gasteiger partial charge on any atom is 0.325 e. The molecule has 6 rings (SSSR count). The maximum absolute atomic E-state index is 12.8. The first kappa shape index (κ1) is 15.6. The van der Waals surface area contributed by atoms with Gasteiger partial charge in [0.15, 0.2) is 0 Å². The Bertz CT molecular complexity index is 821. The molecule has 4 amide bonds. The second kappa shape index (κ2) is 4.97. The Hall–Kier alpha value is -2.61. The molecule has 1 aromatic carbocycles. The van der Waals surface area contributed by atoms with E-state index < -0.39 is 17.0 Å². The van der Waals surface area contributed by atoms with Crippen molar-refractivity contribution in [1.82, 2.24) is 9.96 Å². The van der Waals surface area contributed by atoms with Crippen molar-refractivity contribution in [2.24, 2.45) is 5.73 Å². The van der Waals surface area contributed by atoms with Crippen LogP contribution < -0.4 is 10.6 Å². The van der Waals surface area contributed by atoms with Crippen LogP contribution in [0, 0.1) is 0 Å². The largest absolute Gasteiger partial charge is 0.368 e. The standard InChI is InChI=1S/C18H20N4O4/c19-14(23)17-7-1-9-21(17)16(25)20(11-17)13-5-3-12(4-6-13)18-8-2-10-22(26-18)15(18)24/h3-6H,1-2,7-11H2,(H2,19,23)/t17-,18?/m1/s1. The van der Waals surface area contributed by atoms with E-state index in [4.69, 9.17) is 10.6 Å². The molecule has 0 aromatic heterocycles. The van der Waals surface area contributed by atoms with Gasteiger partial charge < -0.3 is 10.6 Å². The first-order valence-corrected chi connectivity index (χ1v) is 8.99. The molecule has 0 saturated carbocycles. The average molecular weight is 356 g/mol. The number of urea groups is 1. The summed E-state index contributed by atoms with van der Waals surface area (Å²) in [4.78, 5) is 46.0. The topological polar surface area (TPSA) is 96.2 Å². The zero-order valence-corrected chi connectivity index (χ0v) is 14.3. The van der Waals surface area contributed by atoms with Crippen molar-refractivity contribution >= 4 is 23.5 Å². The molecule has 2 bridgehead atoms. The highest BCUT2D eigenvalue weighted by atomic mass is 16.7. The summed E-state index contributed by atoms with van der Waals surface area (Å²) in [6.07, 6.45) is 2.97. The lowest BCUT2D eigenvalue weighted by molar-refractivity contribution is -0.332.